The Morgan fingerprint density at radius 2 is 1.69 bits per heavy atom. The summed E-state index contributed by atoms with van der Waals surface area (Å²) in [4.78, 5) is 0. The van der Waals surface area contributed by atoms with Gasteiger partial charge < -0.3 is 5.11 Å². The highest BCUT2D eigenvalue weighted by atomic mass is 32.2. The Labute approximate surface area is 86.3 Å². The van der Waals surface area contributed by atoms with Crippen LogP contribution in [0.3, 0.4) is 0 Å². The summed E-state index contributed by atoms with van der Waals surface area (Å²) in [7, 11) is 0. The van der Waals surface area contributed by atoms with E-state index in [2.05, 4.69) is 32.5 Å². The van der Waals surface area contributed by atoms with Gasteiger partial charge in [0, 0.05) is 4.75 Å². The minimum Gasteiger partial charge on any atom is -0.393 e. The predicted molar refractivity (Wildman–Crippen MR) is 60.2 cm³/mol. The quantitative estimate of drug-likeness (QED) is 0.742. The molecule has 0 radical (unpaired) electrons. The third-order valence-electron chi connectivity index (χ3n) is 2.57. The maximum absolute atomic E-state index is 9.35. The standard InChI is InChI=1S/C11H22OS/c1-11(2,3)13-8-9-4-6-10(12)7-5-9/h9-10,12H,4-8H2,1-3H3. The minimum absolute atomic E-state index is 0.00381. The Kier molecular flexibility index (Phi) is 4.11. The van der Waals surface area contributed by atoms with Gasteiger partial charge in [-0.25, -0.2) is 0 Å². The SMILES string of the molecule is CC(C)(C)SCC1CCC(O)CC1. The molecule has 0 aliphatic heterocycles. The lowest BCUT2D eigenvalue weighted by Crippen LogP contribution is -2.21. The molecule has 1 saturated carbocycles. The summed E-state index contributed by atoms with van der Waals surface area (Å²) < 4.78 is 0.399. The van der Waals surface area contributed by atoms with Crippen LogP contribution in [0.1, 0.15) is 46.5 Å². The maximum Gasteiger partial charge on any atom is 0.0540 e. The van der Waals surface area contributed by atoms with Gasteiger partial charge in [0.25, 0.3) is 0 Å². The smallest absolute Gasteiger partial charge is 0.0540 e. The molecule has 2 heteroatoms. The van der Waals surface area contributed by atoms with Crippen LogP contribution in [0, 0.1) is 5.92 Å². The largest absolute Gasteiger partial charge is 0.393 e. The highest BCUT2D eigenvalue weighted by Gasteiger charge is 2.21. The molecule has 0 amide bonds. The number of aliphatic hydroxyl groups excluding tert-OH is 1. The highest BCUT2D eigenvalue weighted by molar-refractivity contribution is 8.00. The van der Waals surface area contributed by atoms with Gasteiger partial charge in [-0.15, -0.1) is 0 Å². The van der Waals surface area contributed by atoms with Crippen molar-refractivity contribution in [2.75, 3.05) is 5.75 Å². The van der Waals surface area contributed by atoms with Crippen molar-refractivity contribution in [2.45, 2.75) is 57.3 Å². The van der Waals surface area contributed by atoms with E-state index in [1.54, 1.807) is 0 Å². The molecular weight excluding hydrogens is 180 g/mol. The van der Waals surface area contributed by atoms with Crippen molar-refractivity contribution in [2.24, 2.45) is 5.92 Å². The lowest BCUT2D eigenvalue weighted by Gasteiger charge is -2.27. The molecule has 78 valence electrons. The van der Waals surface area contributed by atoms with Crippen molar-refractivity contribution in [1.82, 2.24) is 0 Å². The van der Waals surface area contributed by atoms with E-state index in [9.17, 15) is 5.11 Å². The number of rotatable bonds is 2. The first-order valence-corrected chi connectivity index (χ1v) is 6.28. The zero-order chi connectivity index (χ0) is 9.90. The summed E-state index contributed by atoms with van der Waals surface area (Å²) in [6.07, 6.45) is 4.50. The first-order valence-electron chi connectivity index (χ1n) is 5.29. The number of aliphatic hydroxyl groups is 1. The Morgan fingerprint density at radius 1 is 1.15 bits per heavy atom. The van der Waals surface area contributed by atoms with Crippen molar-refractivity contribution in [3.63, 3.8) is 0 Å². The summed E-state index contributed by atoms with van der Waals surface area (Å²) in [5.74, 6) is 2.13. The molecule has 1 nitrogen and oxygen atoms in total. The summed E-state index contributed by atoms with van der Waals surface area (Å²) in [6, 6.07) is 0. The van der Waals surface area contributed by atoms with Crippen molar-refractivity contribution >= 4 is 11.8 Å². The van der Waals surface area contributed by atoms with E-state index >= 15 is 0 Å². The van der Waals surface area contributed by atoms with E-state index in [0.29, 0.717) is 4.75 Å². The molecule has 1 aliphatic carbocycles. The third-order valence-corrected chi connectivity index (χ3v) is 4.07. The molecule has 0 aromatic rings. The van der Waals surface area contributed by atoms with Crippen molar-refractivity contribution < 1.29 is 5.11 Å². The molecule has 1 aliphatic rings. The Bertz CT molecular complexity index is 143. The average molecular weight is 202 g/mol. The molecule has 13 heavy (non-hydrogen) atoms. The molecule has 0 heterocycles. The molecule has 1 rings (SSSR count). The average Bonchev–Trinajstić information content (AvgIpc) is 2.02. The van der Waals surface area contributed by atoms with Crippen molar-refractivity contribution in [3.05, 3.63) is 0 Å². The van der Waals surface area contributed by atoms with Gasteiger partial charge in [-0.2, -0.15) is 11.8 Å². The van der Waals surface area contributed by atoms with Gasteiger partial charge in [-0.3, -0.25) is 0 Å². The van der Waals surface area contributed by atoms with Gasteiger partial charge in [-0.05, 0) is 37.4 Å². The molecule has 0 aromatic heterocycles. The van der Waals surface area contributed by atoms with Gasteiger partial charge >= 0.3 is 0 Å². The number of thioether (sulfide) groups is 1. The van der Waals surface area contributed by atoms with E-state index in [1.807, 2.05) is 0 Å². The van der Waals surface area contributed by atoms with E-state index in [0.717, 1.165) is 18.8 Å². The Hall–Kier alpha value is 0.310. The summed E-state index contributed by atoms with van der Waals surface area (Å²) in [5.41, 5.74) is 0. The van der Waals surface area contributed by atoms with E-state index in [-0.39, 0.29) is 6.10 Å². The minimum atomic E-state index is -0.00381. The Morgan fingerprint density at radius 3 is 2.15 bits per heavy atom. The third kappa shape index (κ3) is 4.92. The van der Waals surface area contributed by atoms with Crippen molar-refractivity contribution in [3.8, 4) is 0 Å². The van der Waals surface area contributed by atoms with Crippen LogP contribution in [0.25, 0.3) is 0 Å². The van der Waals surface area contributed by atoms with E-state index in [4.69, 9.17) is 0 Å². The molecule has 0 aromatic carbocycles. The van der Waals surface area contributed by atoms with E-state index < -0.39 is 0 Å². The summed E-state index contributed by atoms with van der Waals surface area (Å²) in [5, 5.41) is 9.35. The topological polar surface area (TPSA) is 20.2 Å². The second kappa shape index (κ2) is 4.70. The van der Waals surface area contributed by atoms with Crippen LogP contribution in [0.2, 0.25) is 0 Å². The zero-order valence-electron chi connectivity index (χ0n) is 9.05. The van der Waals surface area contributed by atoms with E-state index in [1.165, 1.54) is 18.6 Å². The van der Waals surface area contributed by atoms with Gasteiger partial charge in [0.2, 0.25) is 0 Å². The van der Waals surface area contributed by atoms with Crippen LogP contribution >= 0.6 is 11.8 Å². The van der Waals surface area contributed by atoms with Gasteiger partial charge in [-0.1, -0.05) is 20.8 Å². The molecule has 0 bridgehead atoms. The summed E-state index contributed by atoms with van der Waals surface area (Å²) in [6.45, 7) is 6.82. The van der Waals surface area contributed by atoms with Crippen LogP contribution in [-0.2, 0) is 0 Å². The fourth-order valence-electron chi connectivity index (χ4n) is 1.68. The molecule has 0 spiro atoms. The molecule has 1 N–H and O–H groups in total. The highest BCUT2D eigenvalue weighted by Crippen LogP contribution is 2.32. The fourth-order valence-corrected chi connectivity index (χ4v) is 2.75. The van der Waals surface area contributed by atoms with Crippen LogP contribution in [-0.4, -0.2) is 21.7 Å². The van der Waals surface area contributed by atoms with Gasteiger partial charge in [0.15, 0.2) is 0 Å². The summed E-state index contributed by atoms with van der Waals surface area (Å²) >= 11 is 2.06. The Balaban J connectivity index is 2.16. The molecule has 0 unspecified atom stereocenters. The van der Waals surface area contributed by atoms with Gasteiger partial charge in [0.05, 0.1) is 6.10 Å². The lowest BCUT2D eigenvalue weighted by atomic mass is 9.89. The number of hydrogen-bond donors (Lipinski definition) is 1. The normalized spacial score (nSPS) is 30.5. The second-order valence-electron chi connectivity index (χ2n) is 5.10. The van der Waals surface area contributed by atoms with Crippen molar-refractivity contribution in [1.29, 1.82) is 0 Å². The molecule has 0 saturated heterocycles. The fraction of sp³-hybridized carbons (Fsp3) is 1.00. The molecule has 1 fully saturated rings. The molecular formula is C11H22OS. The predicted octanol–water partition coefficient (Wildman–Crippen LogP) is 3.07. The number of hydrogen-bond acceptors (Lipinski definition) is 2. The maximum atomic E-state index is 9.35. The van der Waals surface area contributed by atoms with Crippen LogP contribution in [0.4, 0.5) is 0 Å². The molecule has 0 atom stereocenters. The van der Waals surface area contributed by atoms with Gasteiger partial charge in [0.1, 0.15) is 0 Å². The zero-order valence-corrected chi connectivity index (χ0v) is 9.86. The first-order chi connectivity index (χ1) is 5.97. The van der Waals surface area contributed by atoms with Crippen LogP contribution < -0.4 is 0 Å². The van der Waals surface area contributed by atoms with Crippen LogP contribution in [0.15, 0.2) is 0 Å². The lowest BCUT2D eigenvalue weighted by molar-refractivity contribution is 0.113. The second-order valence-corrected chi connectivity index (χ2v) is 6.94. The van der Waals surface area contributed by atoms with Crippen LogP contribution in [0.5, 0.6) is 0 Å². The first kappa shape index (κ1) is 11.4. The monoisotopic (exact) mass is 202 g/mol.